The normalized spacial score (nSPS) is 11.0. The molecule has 0 saturated carbocycles. The number of benzene rings is 2. The fourth-order valence-electron chi connectivity index (χ4n) is 2.59. The molecule has 7 nitrogen and oxygen atoms in total. The van der Waals surface area contributed by atoms with Crippen LogP contribution in [0.5, 0.6) is 5.75 Å². The summed E-state index contributed by atoms with van der Waals surface area (Å²) in [5.41, 5.74) is 0.364. The maximum atomic E-state index is 12.3. The number of fused-ring (bicyclic) bond motifs is 1. The molecule has 9 heteroatoms. The zero-order chi connectivity index (χ0) is 19.1. The van der Waals surface area contributed by atoms with Crippen LogP contribution < -0.4 is 5.63 Å². The summed E-state index contributed by atoms with van der Waals surface area (Å²) in [5.74, 6) is -0.568. The molecule has 2 aromatic heterocycles. The Labute approximate surface area is 160 Å². The SMILES string of the molecule is O=c1oc2cc(O)c([N+](=O)[O-])cc2cc1-c1csc(-c2ccc(Cl)cc2)n1. The molecule has 4 aromatic rings. The first-order valence-electron chi connectivity index (χ1n) is 7.59. The zero-order valence-corrected chi connectivity index (χ0v) is 15.0. The van der Waals surface area contributed by atoms with E-state index in [1.54, 1.807) is 17.5 Å². The lowest BCUT2D eigenvalue weighted by Gasteiger charge is -2.02. The predicted molar refractivity (Wildman–Crippen MR) is 102 cm³/mol. The van der Waals surface area contributed by atoms with Crippen LogP contribution in [-0.2, 0) is 0 Å². The molecule has 0 atom stereocenters. The van der Waals surface area contributed by atoms with Crippen LogP contribution in [0.3, 0.4) is 0 Å². The maximum Gasteiger partial charge on any atom is 0.345 e. The Bertz CT molecular complexity index is 1250. The third-order valence-corrected chi connectivity index (χ3v) is 5.04. The van der Waals surface area contributed by atoms with E-state index in [-0.39, 0.29) is 11.1 Å². The van der Waals surface area contributed by atoms with Gasteiger partial charge in [-0.05, 0) is 18.2 Å². The van der Waals surface area contributed by atoms with Gasteiger partial charge in [-0.1, -0.05) is 23.7 Å². The lowest BCUT2D eigenvalue weighted by atomic mass is 10.1. The molecular formula is C18H9ClN2O5S. The number of phenols is 1. The van der Waals surface area contributed by atoms with E-state index >= 15 is 0 Å². The van der Waals surface area contributed by atoms with Gasteiger partial charge < -0.3 is 9.52 Å². The van der Waals surface area contributed by atoms with Crippen LogP contribution in [0.25, 0.3) is 32.8 Å². The van der Waals surface area contributed by atoms with Gasteiger partial charge in [0.15, 0.2) is 5.75 Å². The van der Waals surface area contributed by atoms with E-state index in [0.29, 0.717) is 21.1 Å². The predicted octanol–water partition coefficient (Wildman–Crippen LogP) is 4.85. The molecule has 0 unspecified atom stereocenters. The van der Waals surface area contributed by atoms with Gasteiger partial charge >= 0.3 is 11.3 Å². The molecule has 0 aliphatic carbocycles. The summed E-state index contributed by atoms with van der Waals surface area (Å²) < 4.78 is 5.20. The molecule has 0 amide bonds. The quantitative estimate of drug-likeness (QED) is 0.299. The Balaban J connectivity index is 1.83. The minimum atomic E-state index is -0.707. The van der Waals surface area contributed by atoms with Crippen molar-refractivity contribution in [1.29, 1.82) is 0 Å². The molecular weight excluding hydrogens is 392 g/mol. The highest BCUT2D eigenvalue weighted by atomic mass is 35.5. The highest BCUT2D eigenvalue weighted by Crippen LogP contribution is 2.33. The highest BCUT2D eigenvalue weighted by Gasteiger charge is 2.18. The van der Waals surface area contributed by atoms with Gasteiger partial charge in [-0.25, -0.2) is 9.78 Å². The van der Waals surface area contributed by atoms with Gasteiger partial charge in [0.2, 0.25) is 0 Å². The van der Waals surface area contributed by atoms with Crippen LogP contribution in [0, 0.1) is 10.1 Å². The number of nitro groups is 1. The van der Waals surface area contributed by atoms with Crippen molar-refractivity contribution in [1.82, 2.24) is 4.98 Å². The first kappa shape index (κ1) is 17.2. The number of rotatable bonds is 3. The summed E-state index contributed by atoms with van der Waals surface area (Å²) in [6.07, 6.45) is 0. The average molecular weight is 401 g/mol. The smallest absolute Gasteiger partial charge is 0.345 e. The third kappa shape index (κ3) is 3.16. The average Bonchev–Trinajstić information content (AvgIpc) is 3.11. The molecule has 0 aliphatic rings. The van der Waals surface area contributed by atoms with Gasteiger partial charge in [-0.3, -0.25) is 10.1 Å². The Morgan fingerprint density at radius 3 is 2.63 bits per heavy atom. The van der Waals surface area contributed by atoms with Gasteiger partial charge in [0.05, 0.1) is 16.2 Å². The number of hydrogen-bond donors (Lipinski definition) is 1. The summed E-state index contributed by atoms with van der Waals surface area (Å²) in [6, 6.07) is 10.8. The fraction of sp³-hybridized carbons (Fsp3) is 0. The van der Waals surface area contributed by atoms with E-state index in [1.165, 1.54) is 17.4 Å². The Kier molecular flexibility index (Phi) is 4.14. The summed E-state index contributed by atoms with van der Waals surface area (Å²) in [5, 5.41) is 24.0. The van der Waals surface area contributed by atoms with Crippen LogP contribution in [0.1, 0.15) is 0 Å². The van der Waals surface area contributed by atoms with E-state index in [0.717, 1.165) is 17.7 Å². The molecule has 4 rings (SSSR count). The van der Waals surface area contributed by atoms with Gasteiger partial charge in [0, 0.05) is 33.5 Å². The Morgan fingerprint density at radius 2 is 1.93 bits per heavy atom. The van der Waals surface area contributed by atoms with Gasteiger partial charge in [-0.2, -0.15) is 0 Å². The van der Waals surface area contributed by atoms with Crippen molar-refractivity contribution in [3.05, 3.63) is 73.4 Å². The number of thiazole rings is 1. The van der Waals surface area contributed by atoms with Crippen molar-refractivity contribution < 1.29 is 14.4 Å². The first-order valence-corrected chi connectivity index (χ1v) is 8.85. The standard InChI is InChI=1S/C18H9ClN2O5S/c19-11-3-1-9(2-4-11)17-20-13(8-27-17)12-5-10-6-14(21(24)25)15(22)7-16(10)26-18(12)23/h1-8,22H. The second kappa shape index (κ2) is 6.49. The van der Waals surface area contributed by atoms with Crippen molar-refractivity contribution in [2.24, 2.45) is 0 Å². The van der Waals surface area contributed by atoms with E-state index in [2.05, 4.69) is 4.98 Å². The summed E-state index contributed by atoms with van der Waals surface area (Å²) in [4.78, 5) is 27.1. The monoisotopic (exact) mass is 400 g/mol. The van der Waals surface area contributed by atoms with Gasteiger partial charge in [0.1, 0.15) is 10.6 Å². The first-order chi connectivity index (χ1) is 12.9. The van der Waals surface area contributed by atoms with Crippen LogP contribution in [-0.4, -0.2) is 15.0 Å². The molecule has 134 valence electrons. The fourth-order valence-corrected chi connectivity index (χ4v) is 3.54. The second-order valence-electron chi connectivity index (χ2n) is 5.63. The van der Waals surface area contributed by atoms with Crippen molar-refractivity contribution >= 4 is 39.6 Å². The van der Waals surface area contributed by atoms with E-state index in [9.17, 15) is 20.0 Å². The van der Waals surface area contributed by atoms with Crippen LogP contribution in [0.15, 0.2) is 57.1 Å². The summed E-state index contributed by atoms with van der Waals surface area (Å²) in [6.45, 7) is 0. The number of nitrogens with zero attached hydrogens (tertiary/aromatic N) is 2. The van der Waals surface area contributed by atoms with Crippen molar-refractivity contribution in [3.8, 4) is 27.6 Å². The lowest BCUT2D eigenvalue weighted by molar-refractivity contribution is -0.385. The van der Waals surface area contributed by atoms with Crippen molar-refractivity contribution in [2.45, 2.75) is 0 Å². The summed E-state index contributed by atoms with van der Waals surface area (Å²) in [7, 11) is 0. The molecule has 0 saturated heterocycles. The third-order valence-electron chi connectivity index (χ3n) is 3.90. The molecule has 0 aliphatic heterocycles. The molecule has 0 spiro atoms. The largest absolute Gasteiger partial charge is 0.502 e. The maximum absolute atomic E-state index is 12.3. The van der Waals surface area contributed by atoms with Crippen LogP contribution >= 0.6 is 22.9 Å². The number of phenolic OH excluding ortho intramolecular Hbond substituents is 1. The molecule has 0 radical (unpaired) electrons. The number of halogens is 1. The molecule has 2 aromatic carbocycles. The van der Waals surface area contributed by atoms with Crippen molar-refractivity contribution in [3.63, 3.8) is 0 Å². The molecule has 0 bridgehead atoms. The van der Waals surface area contributed by atoms with E-state index < -0.39 is 22.0 Å². The van der Waals surface area contributed by atoms with E-state index in [4.69, 9.17) is 16.0 Å². The van der Waals surface area contributed by atoms with Crippen LogP contribution in [0.2, 0.25) is 5.02 Å². The van der Waals surface area contributed by atoms with Crippen molar-refractivity contribution in [2.75, 3.05) is 0 Å². The number of aromatic hydroxyl groups is 1. The minimum Gasteiger partial charge on any atom is -0.502 e. The van der Waals surface area contributed by atoms with Gasteiger partial charge in [-0.15, -0.1) is 11.3 Å². The number of hydrogen-bond acceptors (Lipinski definition) is 7. The Morgan fingerprint density at radius 1 is 1.19 bits per heavy atom. The van der Waals surface area contributed by atoms with E-state index in [1.807, 2.05) is 12.1 Å². The molecule has 0 fully saturated rings. The summed E-state index contributed by atoms with van der Waals surface area (Å²) >= 11 is 7.23. The molecule has 27 heavy (non-hydrogen) atoms. The topological polar surface area (TPSA) is 106 Å². The highest BCUT2D eigenvalue weighted by molar-refractivity contribution is 7.13. The number of nitro benzene ring substituents is 1. The lowest BCUT2D eigenvalue weighted by Crippen LogP contribution is -2.03. The van der Waals surface area contributed by atoms with Crippen LogP contribution in [0.4, 0.5) is 5.69 Å². The molecule has 2 heterocycles. The second-order valence-corrected chi connectivity index (χ2v) is 6.92. The Hall–Kier alpha value is -3.23. The number of aromatic nitrogens is 1. The minimum absolute atomic E-state index is 0.0556. The molecule has 1 N–H and O–H groups in total. The zero-order valence-electron chi connectivity index (χ0n) is 13.4. The van der Waals surface area contributed by atoms with Gasteiger partial charge in [0.25, 0.3) is 0 Å².